The van der Waals surface area contributed by atoms with Crippen molar-refractivity contribution in [2.45, 2.75) is 33.1 Å². The molecule has 1 rings (SSSR count). The minimum atomic E-state index is -0.339. The Bertz CT molecular complexity index is 237. The molecule has 0 saturated heterocycles. The largest absolute Gasteiger partial charge is 0.299 e. The maximum Gasteiger partial charge on any atom is 0.140 e. The summed E-state index contributed by atoms with van der Waals surface area (Å²) < 4.78 is 0. The topological polar surface area (TPSA) is 51.2 Å². The Balaban J connectivity index is 2.65. The normalized spacial score (nSPS) is 19.6. The molecule has 0 N–H and O–H groups in total. The summed E-state index contributed by atoms with van der Waals surface area (Å²) in [5.41, 5.74) is 0. The van der Waals surface area contributed by atoms with E-state index in [-0.39, 0.29) is 48.4 Å². The van der Waals surface area contributed by atoms with Crippen LogP contribution in [-0.4, -0.2) is 17.3 Å². The Morgan fingerprint density at radius 2 is 1.69 bits per heavy atom. The first-order valence-electron chi connectivity index (χ1n) is 4.58. The third kappa shape index (κ3) is 2.47. The van der Waals surface area contributed by atoms with Crippen LogP contribution >= 0.6 is 0 Å². The molecular formula is C10H14O3. The van der Waals surface area contributed by atoms with E-state index >= 15 is 0 Å². The van der Waals surface area contributed by atoms with Gasteiger partial charge in [0.15, 0.2) is 0 Å². The molecule has 0 aromatic heterocycles. The third-order valence-electron chi connectivity index (χ3n) is 2.31. The van der Waals surface area contributed by atoms with Crippen molar-refractivity contribution in [3.05, 3.63) is 0 Å². The van der Waals surface area contributed by atoms with Crippen molar-refractivity contribution in [2.24, 2.45) is 11.8 Å². The maximum atomic E-state index is 11.5. The van der Waals surface area contributed by atoms with Crippen LogP contribution in [-0.2, 0) is 14.4 Å². The second kappa shape index (κ2) is 3.81. The molecule has 0 unspecified atom stereocenters. The van der Waals surface area contributed by atoms with E-state index < -0.39 is 0 Å². The maximum absolute atomic E-state index is 11.5. The quantitative estimate of drug-likeness (QED) is 0.602. The molecule has 0 atom stereocenters. The lowest BCUT2D eigenvalue weighted by molar-refractivity contribution is -0.138. The van der Waals surface area contributed by atoms with Crippen LogP contribution in [0.4, 0.5) is 0 Å². The second-order valence-electron chi connectivity index (χ2n) is 3.92. The molecule has 0 heterocycles. The molecule has 1 fully saturated rings. The van der Waals surface area contributed by atoms with Gasteiger partial charge >= 0.3 is 0 Å². The molecule has 0 aliphatic heterocycles. The van der Waals surface area contributed by atoms with E-state index in [2.05, 4.69) is 0 Å². The zero-order valence-corrected chi connectivity index (χ0v) is 8.00. The van der Waals surface area contributed by atoms with E-state index in [4.69, 9.17) is 0 Å². The van der Waals surface area contributed by atoms with Gasteiger partial charge in [-0.25, -0.2) is 0 Å². The van der Waals surface area contributed by atoms with E-state index in [9.17, 15) is 14.4 Å². The predicted octanol–water partition coefficient (Wildman–Crippen LogP) is 1.15. The monoisotopic (exact) mass is 182 g/mol. The summed E-state index contributed by atoms with van der Waals surface area (Å²) in [5, 5.41) is 0. The second-order valence-corrected chi connectivity index (χ2v) is 3.92. The average Bonchev–Trinajstić information content (AvgIpc) is 2.01. The first-order valence-corrected chi connectivity index (χ1v) is 4.58. The summed E-state index contributed by atoms with van der Waals surface area (Å²) in [6.07, 6.45) is 0.563. The molecule has 3 heteroatoms. The van der Waals surface area contributed by atoms with Crippen LogP contribution in [0.15, 0.2) is 0 Å². The van der Waals surface area contributed by atoms with Crippen molar-refractivity contribution in [3.63, 3.8) is 0 Å². The van der Waals surface area contributed by atoms with Crippen LogP contribution in [0.3, 0.4) is 0 Å². The van der Waals surface area contributed by atoms with E-state index in [0.717, 1.165) is 0 Å². The summed E-state index contributed by atoms with van der Waals surface area (Å²) in [6, 6.07) is 0. The molecular weight excluding hydrogens is 168 g/mol. The Kier molecular flexibility index (Phi) is 2.96. The van der Waals surface area contributed by atoms with Gasteiger partial charge in [0, 0.05) is 24.7 Å². The van der Waals surface area contributed by atoms with Crippen molar-refractivity contribution in [1.82, 2.24) is 0 Å². The molecule has 0 aromatic carbocycles. The smallest absolute Gasteiger partial charge is 0.140 e. The van der Waals surface area contributed by atoms with Gasteiger partial charge in [0.25, 0.3) is 0 Å². The number of hydrogen-bond donors (Lipinski definition) is 0. The Morgan fingerprint density at radius 3 is 2.08 bits per heavy atom. The standard InChI is InChI=1S/C10H14O3/c1-6(2)10(13)7-3-8(11)5-9(12)4-7/h6-7H,3-5H2,1-2H3. The van der Waals surface area contributed by atoms with Crippen molar-refractivity contribution >= 4 is 17.3 Å². The molecule has 0 spiro atoms. The highest BCUT2D eigenvalue weighted by atomic mass is 16.2. The van der Waals surface area contributed by atoms with Crippen LogP contribution in [0.1, 0.15) is 33.1 Å². The number of carbonyl (C=O) groups excluding carboxylic acids is 3. The van der Waals surface area contributed by atoms with Gasteiger partial charge in [-0.2, -0.15) is 0 Å². The van der Waals surface area contributed by atoms with Gasteiger partial charge in [-0.15, -0.1) is 0 Å². The highest BCUT2D eigenvalue weighted by Gasteiger charge is 2.31. The predicted molar refractivity (Wildman–Crippen MR) is 47.2 cm³/mol. The fourth-order valence-electron chi connectivity index (χ4n) is 1.66. The molecule has 1 aliphatic carbocycles. The summed E-state index contributed by atoms with van der Waals surface area (Å²) in [4.78, 5) is 33.6. The number of rotatable bonds is 2. The fourth-order valence-corrected chi connectivity index (χ4v) is 1.66. The van der Waals surface area contributed by atoms with E-state index in [1.807, 2.05) is 0 Å². The van der Waals surface area contributed by atoms with Gasteiger partial charge < -0.3 is 0 Å². The van der Waals surface area contributed by atoms with Gasteiger partial charge in [0.1, 0.15) is 17.3 Å². The fraction of sp³-hybridized carbons (Fsp3) is 0.700. The van der Waals surface area contributed by atoms with E-state index in [1.54, 1.807) is 13.8 Å². The first-order chi connectivity index (χ1) is 6.00. The highest BCUT2D eigenvalue weighted by molar-refractivity contribution is 6.05. The molecule has 0 amide bonds. The van der Waals surface area contributed by atoms with Crippen molar-refractivity contribution in [3.8, 4) is 0 Å². The molecule has 0 bridgehead atoms. The minimum Gasteiger partial charge on any atom is -0.299 e. The lowest BCUT2D eigenvalue weighted by Crippen LogP contribution is -2.30. The minimum absolute atomic E-state index is 0.0296. The lowest BCUT2D eigenvalue weighted by atomic mass is 9.81. The Labute approximate surface area is 77.5 Å². The zero-order valence-electron chi connectivity index (χ0n) is 8.00. The van der Waals surface area contributed by atoms with Gasteiger partial charge in [0.05, 0.1) is 6.42 Å². The van der Waals surface area contributed by atoms with Gasteiger partial charge in [-0.1, -0.05) is 13.8 Å². The number of hydrogen-bond acceptors (Lipinski definition) is 3. The highest BCUT2D eigenvalue weighted by Crippen LogP contribution is 2.22. The molecule has 0 radical (unpaired) electrons. The van der Waals surface area contributed by atoms with Crippen LogP contribution in [0.25, 0.3) is 0 Å². The summed E-state index contributed by atoms with van der Waals surface area (Å²) in [5.74, 6) is -0.552. The van der Waals surface area contributed by atoms with E-state index in [1.165, 1.54) is 0 Å². The Morgan fingerprint density at radius 1 is 1.23 bits per heavy atom. The lowest BCUT2D eigenvalue weighted by Gasteiger charge is -2.20. The van der Waals surface area contributed by atoms with Gasteiger partial charge in [-0.05, 0) is 0 Å². The summed E-state index contributed by atoms with van der Waals surface area (Å²) in [7, 11) is 0. The van der Waals surface area contributed by atoms with Crippen LogP contribution in [0, 0.1) is 11.8 Å². The number of carbonyl (C=O) groups is 3. The van der Waals surface area contributed by atoms with Gasteiger partial charge in [-0.3, -0.25) is 14.4 Å². The van der Waals surface area contributed by atoms with Crippen molar-refractivity contribution in [1.29, 1.82) is 0 Å². The first kappa shape index (κ1) is 10.1. The molecule has 0 aromatic rings. The Hall–Kier alpha value is -0.990. The summed E-state index contributed by atoms with van der Waals surface area (Å²) >= 11 is 0. The number of ketones is 3. The summed E-state index contributed by atoms with van der Waals surface area (Å²) in [6.45, 7) is 3.60. The third-order valence-corrected chi connectivity index (χ3v) is 2.31. The SMILES string of the molecule is CC(C)C(=O)C1CC(=O)CC(=O)C1. The average molecular weight is 182 g/mol. The van der Waals surface area contributed by atoms with Gasteiger partial charge in [0.2, 0.25) is 0 Å². The van der Waals surface area contributed by atoms with Crippen LogP contribution < -0.4 is 0 Å². The zero-order chi connectivity index (χ0) is 10.0. The molecule has 1 saturated carbocycles. The number of Topliss-reactive ketones (excluding diaryl/α,β-unsaturated/α-hetero) is 3. The van der Waals surface area contributed by atoms with E-state index in [0.29, 0.717) is 0 Å². The van der Waals surface area contributed by atoms with Crippen LogP contribution in [0.2, 0.25) is 0 Å². The molecule has 3 nitrogen and oxygen atoms in total. The van der Waals surface area contributed by atoms with Crippen molar-refractivity contribution in [2.75, 3.05) is 0 Å². The van der Waals surface area contributed by atoms with Crippen LogP contribution in [0.5, 0.6) is 0 Å². The molecule has 72 valence electrons. The molecule has 1 aliphatic rings. The van der Waals surface area contributed by atoms with Crippen molar-refractivity contribution < 1.29 is 14.4 Å². The molecule has 13 heavy (non-hydrogen) atoms.